The minimum absolute atomic E-state index is 0.163. The van der Waals surface area contributed by atoms with Gasteiger partial charge in [-0.2, -0.15) is 5.10 Å². The highest BCUT2D eigenvalue weighted by Gasteiger charge is 2.24. The topological polar surface area (TPSA) is 50.1 Å². The Labute approximate surface area is 96.7 Å². The van der Waals surface area contributed by atoms with Gasteiger partial charge in [0, 0.05) is 23.3 Å². The van der Waals surface area contributed by atoms with Crippen LogP contribution in [-0.4, -0.2) is 27.5 Å². The Bertz CT molecular complexity index is 346. The van der Waals surface area contributed by atoms with Gasteiger partial charge in [0.05, 0.1) is 19.3 Å². The van der Waals surface area contributed by atoms with Crippen LogP contribution in [0.5, 0.6) is 0 Å². The molecule has 90 valence electrons. The Morgan fingerprint density at radius 2 is 2.44 bits per heavy atom. The smallest absolute Gasteiger partial charge is 0.0644 e. The average molecular weight is 223 g/mol. The molecular formula is C12H21N3O. The van der Waals surface area contributed by atoms with E-state index in [9.17, 15) is 0 Å². The van der Waals surface area contributed by atoms with Crippen molar-refractivity contribution in [3.05, 3.63) is 17.5 Å². The van der Waals surface area contributed by atoms with Crippen LogP contribution < -0.4 is 5.32 Å². The summed E-state index contributed by atoms with van der Waals surface area (Å²) >= 11 is 0. The molecule has 0 spiro atoms. The first kappa shape index (κ1) is 11.6. The largest absolute Gasteiger partial charge is 0.394 e. The molecule has 2 N–H and O–H groups in total. The van der Waals surface area contributed by atoms with Crippen LogP contribution in [0.3, 0.4) is 0 Å². The maximum Gasteiger partial charge on any atom is 0.0644 e. The molecule has 1 aliphatic carbocycles. The van der Waals surface area contributed by atoms with Gasteiger partial charge in [-0.05, 0) is 19.3 Å². The fraction of sp³-hybridized carbons (Fsp3) is 0.750. The van der Waals surface area contributed by atoms with Crippen LogP contribution in [0.15, 0.2) is 6.20 Å². The number of nitrogens with zero attached hydrogens (tertiary/aromatic N) is 2. The molecule has 2 rings (SSSR count). The van der Waals surface area contributed by atoms with E-state index in [1.165, 1.54) is 24.1 Å². The molecule has 4 heteroatoms. The minimum atomic E-state index is 0.163. The molecule has 1 aromatic heterocycles. The molecule has 1 unspecified atom stereocenters. The number of hydrogen-bond donors (Lipinski definition) is 2. The molecule has 1 atom stereocenters. The predicted octanol–water partition coefficient (Wildman–Crippen LogP) is 1.25. The number of aliphatic hydroxyl groups excluding tert-OH is 1. The summed E-state index contributed by atoms with van der Waals surface area (Å²) in [5.41, 5.74) is 2.63. The quantitative estimate of drug-likeness (QED) is 0.807. The van der Waals surface area contributed by atoms with E-state index in [2.05, 4.69) is 24.3 Å². The normalized spacial score (nSPS) is 20.1. The Balaban J connectivity index is 2.19. The number of nitrogens with one attached hydrogen (secondary N) is 1. The highest BCUT2D eigenvalue weighted by Crippen LogP contribution is 2.29. The fourth-order valence-corrected chi connectivity index (χ4v) is 2.48. The molecule has 0 bridgehead atoms. The minimum Gasteiger partial charge on any atom is -0.394 e. The Hall–Kier alpha value is -0.870. The zero-order valence-corrected chi connectivity index (χ0v) is 10.1. The first-order valence-corrected chi connectivity index (χ1v) is 6.14. The molecule has 4 nitrogen and oxygen atoms in total. The number of rotatable bonds is 4. The molecule has 16 heavy (non-hydrogen) atoms. The molecule has 0 saturated heterocycles. The number of hydrogen-bond acceptors (Lipinski definition) is 3. The molecule has 0 saturated carbocycles. The summed E-state index contributed by atoms with van der Waals surface area (Å²) in [6.45, 7) is 5.12. The second-order valence-electron chi connectivity index (χ2n) is 4.76. The van der Waals surface area contributed by atoms with Gasteiger partial charge in [0.1, 0.15) is 0 Å². The van der Waals surface area contributed by atoms with Crippen LogP contribution in [0.25, 0.3) is 0 Å². The summed E-state index contributed by atoms with van der Waals surface area (Å²) in [5.74, 6) is 0. The van der Waals surface area contributed by atoms with Crippen molar-refractivity contribution in [3.8, 4) is 0 Å². The van der Waals surface area contributed by atoms with Crippen molar-refractivity contribution in [2.24, 2.45) is 0 Å². The van der Waals surface area contributed by atoms with Gasteiger partial charge in [-0.15, -0.1) is 0 Å². The predicted molar refractivity (Wildman–Crippen MR) is 63.3 cm³/mol. The van der Waals surface area contributed by atoms with Crippen LogP contribution >= 0.6 is 0 Å². The van der Waals surface area contributed by atoms with Crippen molar-refractivity contribution in [3.63, 3.8) is 0 Å². The van der Waals surface area contributed by atoms with Gasteiger partial charge in [0.2, 0.25) is 0 Å². The van der Waals surface area contributed by atoms with Crippen molar-refractivity contribution in [2.45, 2.75) is 51.7 Å². The van der Waals surface area contributed by atoms with Crippen molar-refractivity contribution in [1.82, 2.24) is 15.1 Å². The zero-order valence-electron chi connectivity index (χ0n) is 10.1. The molecule has 1 heterocycles. The van der Waals surface area contributed by atoms with Crippen molar-refractivity contribution >= 4 is 0 Å². The Morgan fingerprint density at radius 3 is 3.12 bits per heavy atom. The zero-order chi connectivity index (χ0) is 11.5. The molecule has 0 aromatic carbocycles. The third kappa shape index (κ3) is 2.28. The lowest BCUT2D eigenvalue weighted by molar-refractivity contribution is 0.266. The summed E-state index contributed by atoms with van der Waals surface area (Å²) in [4.78, 5) is 0. The SMILES string of the molecule is CC(C)NC1CCCc2c1cnn2CCO. The van der Waals surface area contributed by atoms with E-state index >= 15 is 0 Å². The van der Waals surface area contributed by atoms with Gasteiger partial charge >= 0.3 is 0 Å². The molecule has 0 aliphatic heterocycles. The van der Waals surface area contributed by atoms with E-state index in [1.54, 1.807) is 0 Å². The summed E-state index contributed by atoms with van der Waals surface area (Å²) < 4.78 is 1.95. The van der Waals surface area contributed by atoms with E-state index in [4.69, 9.17) is 5.11 Å². The lowest BCUT2D eigenvalue weighted by atomic mass is 9.92. The summed E-state index contributed by atoms with van der Waals surface area (Å²) in [6, 6.07) is 0.938. The van der Waals surface area contributed by atoms with Gasteiger partial charge < -0.3 is 10.4 Å². The van der Waals surface area contributed by atoms with E-state index in [0.29, 0.717) is 18.6 Å². The van der Waals surface area contributed by atoms with Crippen LogP contribution in [0.1, 0.15) is 44.0 Å². The maximum absolute atomic E-state index is 8.97. The molecule has 1 aliphatic rings. The summed E-state index contributed by atoms with van der Waals surface area (Å²) in [6.07, 6.45) is 5.44. The van der Waals surface area contributed by atoms with E-state index < -0.39 is 0 Å². The standard InChI is InChI=1S/C12H21N3O/c1-9(2)14-11-4-3-5-12-10(11)8-13-15(12)6-7-16/h8-9,11,14,16H,3-7H2,1-2H3. The first-order valence-electron chi connectivity index (χ1n) is 6.14. The van der Waals surface area contributed by atoms with Gasteiger partial charge in [-0.25, -0.2) is 0 Å². The Kier molecular flexibility index (Phi) is 3.61. The lowest BCUT2D eigenvalue weighted by Crippen LogP contribution is -2.30. The van der Waals surface area contributed by atoms with E-state index in [0.717, 1.165) is 6.42 Å². The van der Waals surface area contributed by atoms with E-state index in [-0.39, 0.29) is 6.61 Å². The maximum atomic E-state index is 8.97. The van der Waals surface area contributed by atoms with Crippen LogP contribution in [-0.2, 0) is 13.0 Å². The number of aromatic nitrogens is 2. The second kappa shape index (κ2) is 4.97. The van der Waals surface area contributed by atoms with Crippen LogP contribution in [0.4, 0.5) is 0 Å². The van der Waals surface area contributed by atoms with Crippen LogP contribution in [0.2, 0.25) is 0 Å². The molecule has 0 fully saturated rings. The highest BCUT2D eigenvalue weighted by molar-refractivity contribution is 5.25. The van der Waals surface area contributed by atoms with Gasteiger partial charge in [0.15, 0.2) is 0 Å². The second-order valence-corrected chi connectivity index (χ2v) is 4.76. The third-order valence-corrected chi connectivity index (χ3v) is 3.11. The number of fused-ring (bicyclic) bond motifs is 1. The fourth-order valence-electron chi connectivity index (χ4n) is 2.48. The highest BCUT2D eigenvalue weighted by atomic mass is 16.3. The molecule has 0 radical (unpaired) electrons. The molecular weight excluding hydrogens is 202 g/mol. The third-order valence-electron chi connectivity index (χ3n) is 3.11. The lowest BCUT2D eigenvalue weighted by Gasteiger charge is -2.26. The monoisotopic (exact) mass is 223 g/mol. The van der Waals surface area contributed by atoms with Gasteiger partial charge in [-0.3, -0.25) is 4.68 Å². The van der Waals surface area contributed by atoms with Crippen molar-refractivity contribution in [1.29, 1.82) is 0 Å². The Morgan fingerprint density at radius 1 is 1.62 bits per heavy atom. The molecule has 0 amide bonds. The molecule has 1 aromatic rings. The summed E-state index contributed by atoms with van der Waals surface area (Å²) in [7, 11) is 0. The average Bonchev–Trinajstić information content (AvgIpc) is 2.63. The van der Waals surface area contributed by atoms with Gasteiger partial charge in [0.25, 0.3) is 0 Å². The van der Waals surface area contributed by atoms with Crippen molar-refractivity contribution in [2.75, 3.05) is 6.61 Å². The first-order chi connectivity index (χ1) is 7.72. The van der Waals surface area contributed by atoms with Gasteiger partial charge in [-0.1, -0.05) is 13.8 Å². The van der Waals surface area contributed by atoms with Crippen LogP contribution in [0, 0.1) is 0 Å². The van der Waals surface area contributed by atoms with E-state index in [1.807, 2.05) is 10.9 Å². The van der Waals surface area contributed by atoms with Crippen molar-refractivity contribution < 1.29 is 5.11 Å². The summed E-state index contributed by atoms with van der Waals surface area (Å²) in [5, 5.41) is 16.9. The number of aliphatic hydroxyl groups is 1.